The van der Waals surface area contributed by atoms with E-state index in [1.54, 1.807) is 0 Å². The van der Waals surface area contributed by atoms with Crippen LogP contribution in [0.25, 0.3) is 0 Å². The number of aryl methyl sites for hydroxylation is 2. The summed E-state index contributed by atoms with van der Waals surface area (Å²) in [4.78, 5) is 13.2. The number of hydrogen-bond donors (Lipinski definition) is 0. The summed E-state index contributed by atoms with van der Waals surface area (Å²) in [7, 11) is 1.50. The van der Waals surface area contributed by atoms with Gasteiger partial charge in [-0.1, -0.05) is 12.1 Å². The third-order valence-electron chi connectivity index (χ3n) is 2.29. The van der Waals surface area contributed by atoms with Gasteiger partial charge in [-0.2, -0.15) is 15.0 Å². The van der Waals surface area contributed by atoms with Gasteiger partial charge in [0, 0.05) is 4.90 Å². The molecule has 18 heavy (non-hydrogen) atoms. The summed E-state index contributed by atoms with van der Waals surface area (Å²) in [6.45, 7) is 4.09. The van der Waals surface area contributed by atoms with Crippen molar-refractivity contribution < 1.29 is 4.74 Å². The summed E-state index contributed by atoms with van der Waals surface area (Å²) in [6.07, 6.45) is 0. The third kappa shape index (κ3) is 3.11. The second kappa shape index (κ2) is 5.54. The SMILES string of the molecule is COc1nc(Cl)nc(Sc2cc(C)ccc2C)n1. The Bertz CT molecular complexity index is 577. The molecule has 1 aromatic carbocycles. The molecule has 2 aromatic rings. The molecule has 0 radical (unpaired) electrons. The lowest BCUT2D eigenvalue weighted by molar-refractivity contribution is 0.373. The van der Waals surface area contributed by atoms with Crippen molar-refractivity contribution in [3.63, 3.8) is 0 Å². The number of methoxy groups -OCH3 is 1. The first-order chi connectivity index (χ1) is 8.58. The first kappa shape index (κ1) is 13.1. The summed E-state index contributed by atoms with van der Waals surface area (Å²) in [6, 6.07) is 6.45. The van der Waals surface area contributed by atoms with Crippen LogP contribution in [0.2, 0.25) is 5.28 Å². The lowest BCUT2D eigenvalue weighted by Gasteiger charge is -2.06. The van der Waals surface area contributed by atoms with E-state index in [1.807, 2.05) is 13.8 Å². The molecular weight excluding hydrogens is 270 g/mol. The predicted octanol–water partition coefficient (Wildman–Crippen LogP) is 3.30. The van der Waals surface area contributed by atoms with Gasteiger partial charge in [0.15, 0.2) is 5.16 Å². The van der Waals surface area contributed by atoms with Crippen LogP contribution in [0, 0.1) is 13.8 Å². The van der Waals surface area contributed by atoms with Crippen LogP contribution in [0.3, 0.4) is 0 Å². The Morgan fingerprint density at radius 1 is 1.17 bits per heavy atom. The molecule has 4 nitrogen and oxygen atoms in total. The second-order valence-corrected chi connectivity index (χ2v) is 5.09. The molecule has 1 aromatic heterocycles. The van der Waals surface area contributed by atoms with Gasteiger partial charge in [0.2, 0.25) is 5.28 Å². The van der Waals surface area contributed by atoms with Gasteiger partial charge in [-0.3, -0.25) is 0 Å². The van der Waals surface area contributed by atoms with Crippen LogP contribution < -0.4 is 4.74 Å². The molecule has 0 saturated carbocycles. The molecule has 0 N–H and O–H groups in total. The van der Waals surface area contributed by atoms with E-state index in [0.29, 0.717) is 5.16 Å². The molecule has 0 unspecified atom stereocenters. The zero-order chi connectivity index (χ0) is 13.1. The Balaban J connectivity index is 2.33. The maximum atomic E-state index is 5.81. The van der Waals surface area contributed by atoms with Gasteiger partial charge in [-0.15, -0.1) is 0 Å². The van der Waals surface area contributed by atoms with Gasteiger partial charge in [-0.25, -0.2) is 0 Å². The van der Waals surface area contributed by atoms with Gasteiger partial charge in [-0.05, 0) is 54.4 Å². The maximum absolute atomic E-state index is 5.81. The van der Waals surface area contributed by atoms with E-state index in [1.165, 1.54) is 30.0 Å². The smallest absolute Gasteiger partial charge is 0.321 e. The quantitative estimate of drug-likeness (QED) is 0.864. The zero-order valence-electron chi connectivity index (χ0n) is 10.3. The van der Waals surface area contributed by atoms with Crippen LogP contribution in [-0.4, -0.2) is 22.1 Å². The normalized spacial score (nSPS) is 10.4. The van der Waals surface area contributed by atoms with Crippen LogP contribution in [0.5, 0.6) is 6.01 Å². The van der Waals surface area contributed by atoms with Crippen LogP contribution >= 0.6 is 23.4 Å². The highest BCUT2D eigenvalue weighted by atomic mass is 35.5. The van der Waals surface area contributed by atoms with E-state index in [9.17, 15) is 0 Å². The van der Waals surface area contributed by atoms with Crippen LogP contribution in [0.15, 0.2) is 28.3 Å². The van der Waals surface area contributed by atoms with Gasteiger partial charge in [0.25, 0.3) is 0 Å². The Morgan fingerprint density at radius 2 is 1.94 bits per heavy atom. The lowest BCUT2D eigenvalue weighted by Crippen LogP contribution is -1.97. The minimum atomic E-state index is 0.134. The van der Waals surface area contributed by atoms with Crippen LogP contribution in [-0.2, 0) is 0 Å². The highest BCUT2D eigenvalue weighted by Gasteiger charge is 2.08. The van der Waals surface area contributed by atoms with Crippen LogP contribution in [0.1, 0.15) is 11.1 Å². The lowest BCUT2D eigenvalue weighted by atomic mass is 10.2. The van der Waals surface area contributed by atoms with E-state index in [4.69, 9.17) is 16.3 Å². The second-order valence-electron chi connectivity index (χ2n) is 3.74. The predicted molar refractivity (Wildman–Crippen MR) is 71.4 cm³/mol. The number of ether oxygens (including phenoxy) is 1. The van der Waals surface area contributed by atoms with Gasteiger partial charge < -0.3 is 4.74 Å². The summed E-state index contributed by atoms with van der Waals surface area (Å²) in [5.74, 6) is 0. The maximum Gasteiger partial charge on any atom is 0.321 e. The Labute approximate surface area is 115 Å². The first-order valence-electron chi connectivity index (χ1n) is 5.29. The zero-order valence-corrected chi connectivity index (χ0v) is 11.8. The number of aromatic nitrogens is 3. The van der Waals surface area contributed by atoms with Crippen LogP contribution in [0.4, 0.5) is 0 Å². The van der Waals surface area contributed by atoms with E-state index < -0.39 is 0 Å². The fourth-order valence-electron chi connectivity index (χ4n) is 1.37. The number of hydrogen-bond acceptors (Lipinski definition) is 5. The number of benzene rings is 1. The molecular formula is C12H12ClN3OS. The van der Waals surface area contributed by atoms with Crippen molar-refractivity contribution in [2.45, 2.75) is 23.9 Å². The minimum absolute atomic E-state index is 0.134. The summed E-state index contributed by atoms with van der Waals surface area (Å²) < 4.78 is 4.97. The topological polar surface area (TPSA) is 47.9 Å². The fourth-order valence-corrected chi connectivity index (χ4v) is 2.50. The molecule has 0 aliphatic rings. The molecule has 2 rings (SSSR count). The molecule has 0 aliphatic carbocycles. The number of rotatable bonds is 3. The molecule has 0 atom stereocenters. The van der Waals surface area contributed by atoms with E-state index >= 15 is 0 Å². The molecule has 0 aliphatic heterocycles. The van der Waals surface area contributed by atoms with Gasteiger partial charge in [0.05, 0.1) is 7.11 Å². The number of nitrogens with zero attached hydrogens (tertiary/aromatic N) is 3. The van der Waals surface area contributed by atoms with Crippen molar-refractivity contribution in [2.24, 2.45) is 0 Å². The highest BCUT2D eigenvalue weighted by molar-refractivity contribution is 7.99. The minimum Gasteiger partial charge on any atom is -0.467 e. The summed E-state index contributed by atoms with van der Waals surface area (Å²) in [5.41, 5.74) is 2.36. The fraction of sp³-hybridized carbons (Fsp3) is 0.250. The van der Waals surface area contributed by atoms with Crippen molar-refractivity contribution in [1.82, 2.24) is 15.0 Å². The Hall–Kier alpha value is -1.33. The highest BCUT2D eigenvalue weighted by Crippen LogP contribution is 2.29. The van der Waals surface area contributed by atoms with Crippen molar-refractivity contribution >= 4 is 23.4 Å². The Kier molecular flexibility index (Phi) is 4.04. The van der Waals surface area contributed by atoms with E-state index in [-0.39, 0.29) is 11.3 Å². The molecule has 0 saturated heterocycles. The van der Waals surface area contributed by atoms with Crippen molar-refractivity contribution in [3.05, 3.63) is 34.6 Å². The van der Waals surface area contributed by atoms with Crippen molar-refractivity contribution in [2.75, 3.05) is 7.11 Å². The molecule has 0 bridgehead atoms. The summed E-state index contributed by atoms with van der Waals surface area (Å²) in [5, 5.41) is 0.662. The third-order valence-corrected chi connectivity index (χ3v) is 3.49. The average Bonchev–Trinajstić information content (AvgIpc) is 2.33. The molecule has 0 fully saturated rings. The van der Waals surface area contributed by atoms with Crippen molar-refractivity contribution in [1.29, 1.82) is 0 Å². The molecule has 0 amide bonds. The molecule has 94 valence electrons. The molecule has 0 spiro atoms. The Morgan fingerprint density at radius 3 is 2.67 bits per heavy atom. The van der Waals surface area contributed by atoms with E-state index in [0.717, 1.165) is 4.90 Å². The largest absolute Gasteiger partial charge is 0.467 e. The first-order valence-corrected chi connectivity index (χ1v) is 6.48. The standard InChI is InChI=1S/C12H12ClN3OS/c1-7-4-5-8(2)9(6-7)18-12-15-10(13)14-11(16-12)17-3/h4-6H,1-3H3. The average molecular weight is 282 g/mol. The van der Waals surface area contributed by atoms with E-state index in [2.05, 4.69) is 33.2 Å². The molecule has 1 heterocycles. The molecule has 6 heteroatoms. The van der Waals surface area contributed by atoms with Gasteiger partial charge in [0.1, 0.15) is 0 Å². The monoisotopic (exact) mass is 281 g/mol. The summed E-state index contributed by atoms with van der Waals surface area (Å²) >= 11 is 7.26. The van der Waals surface area contributed by atoms with Crippen molar-refractivity contribution in [3.8, 4) is 6.01 Å². The number of halogens is 1. The van der Waals surface area contributed by atoms with Gasteiger partial charge >= 0.3 is 6.01 Å².